The van der Waals surface area contributed by atoms with Gasteiger partial charge in [-0.1, -0.05) is 0 Å². The number of carbonyl (C=O) groups excluding carboxylic acids is 2. The van der Waals surface area contributed by atoms with Crippen molar-refractivity contribution < 1.29 is 14.3 Å². The number of nitrogens with one attached hydrogen (secondary N) is 3. The van der Waals surface area contributed by atoms with Gasteiger partial charge in [0.2, 0.25) is 0 Å². The van der Waals surface area contributed by atoms with Crippen molar-refractivity contribution in [2.75, 3.05) is 7.11 Å². The van der Waals surface area contributed by atoms with Crippen molar-refractivity contribution >= 4 is 11.9 Å². The Balaban J connectivity index is 2.06. The quantitative estimate of drug-likeness (QED) is 0.638. The van der Waals surface area contributed by atoms with Gasteiger partial charge in [-0.3, -0.25) is 4.79 Å². The number of carbonyl (C=O) groups is 2. The Morgan fingerprint density at radius 3 is 2.63 bits per heavy atom. The van der Waals surface area contributed by atoms with Crippen molar-refractivity contribution in [3.8, 4) is 0 Å². The Hall–Kier alpha value is -2.64. The summed E-state index contributed by atoms with van der Waals surface area (Å²) in [4.78, 5) is 36.6. The van der Waals surface area contributed by atoms with Crippen molar-refractivity contribution in [2.24, 2.45) is 0 Å². The van der Waals surface area contributed by atoms with Crippen LogP contribution in [-0.4, -0.2) is 45.0 Å². The minimum atomic E-state index is -0.791. The van der Waals surface area contributed by atoms with Crippen molar-refractivity contribution in [3.05, 3.63) is 36.4 Å². The predicted molar refractivity (Wildman–Crippen MR) is 64.1 cm³/mol. The van der Waals surface area contributed by atoms with Crippen LogP contribution in [0, 0.1) is 0 Å². The van der Waals surface area contributed by atoms with Gasteiger partial charge < -0.3 is 20.0 Å². The highest BCUT2D eigenvalue weighted by molar-refractivity contribution is 5.95. The fourth-order valence-corrected chi connectivity index (χ4v) is 1.57. The first-order chi connectivity index (χ1) is 9.20. The fourth-order valence-electron chi connectivity index (χ4n) is 1.57. The molecule has 1 amide bonds. The van der Waals surface area contributed by atoms with Gasteiger partial charge in [0.15, 0.2) is 0 Å². The third-order valence-electron chi connectivity index (χ3n) is 2.51. The number of imidazole rings is 2. The molecule has 2 aromatic rings. The average molecular weight is 263 g/mol. The lowest BCUT2D eigenvalue weighted by Crippen LogP contribution is -2.43. The van der Waals surface area contributed by atoms with Gasteiger partial charge in [-0.2, -0.15) is 0 Å². The molecule has 2 aromatic heterocycles. The Morgan fingerprint density at radius 2 is 2.05 bits per heavy atom. The van der Waals surface area contributed by atoms with Crippen LogP contribution in [0.2, 0.25) is 0 Å². The molecule has 0 aliphatic carbocycles. The molecule has 100 valence electrons. The molecule has 0 fully saturated rings. The lowest BCUT2D eigenvalue weighted by atomic mass is 10.1. The molecular weight excluding hydrogens is 250 g/mol. The van der Waals surface area contributed by atoms with Gasteiger partial charge in [0, 0.05) is 18.3 Å². The first kappa shape index (κ1) is 12.8. The third-order valence-corrected chi connectivity index (χ3v) is 2.51. The van der Waals surface area contributed by atoms with E-state index in [0.717, 1.165) is 5.69 Å². The Morgan fingerprint density at radius 1 is 1.32 bits per heavy atom. The lowest BCUT2D eigenvalue weighted by Gasteiger charge is -2.15. The van der Waals surface area contributed by atoms with Crippen LogP contribution < -0.4 is 5.32 Å². The number of rotatable bonds is 5. The average Bonchev–Trinajstić information content (AvgIpc) is 3.09. The first-order valence-electron chi connectivity index (χ1n) is 5.55. The molecule has 0 radical (unpaired) electrons. The highest BCUT2D eigenvalue weighted by Gasteiger charge is 2.23. The molecule has 2 rings (SSSR count). The number of methoxy groups -OCH3 is 1. The van der Waals surface area contributed by atoms with Gasteiger partial charge in [-0.25, -0.2) is 14.8 Å². The van der Waals surface area contributed by atoms with Crippen LogP contribution in [0.5, 0.6) is 0 Å². The zero-order valence-electron chi connectivity index (χ0n) is 10.2. The first-order valence-corrected chi connectivity index (χ1v) is 5.55. The van der Waals surface area contributed by atoms with Crippen molar-refractivity contribution in [2.45, 2.75) is 12.5 Å². The number of ether oxygens (including phenoxy) is 1. The van der Waals surface area contributed by atoms with Crippen LogP contribution in [0.15, 0.2) is 25.0 Å². The van der Waals surface area contributed by atoms with Gasteiger partial charge in [0.25, 0.3) is 5.91 Å². The molecule has 0 aromatic carbocycles. The van der Waals surface area contributed by atoms with Gasteiger partial charge >= 0.3 is 5.97 Å². The van der Waals surface area contributed by atoms with Crippen LogP contribution >= 0.6 is 0 Å². The van der Waals surface area contributed by atoms with Crippen LogP contribution in [0.4, 0.5) is 0 Å². The molecule has 0 aliphatic heterocycles. The van der Waals surface area contributed by atoms with E-state index in [4.69, 9.17) is 0 Å². The summed E-state index contributed by atoms with van der Waals surface area (Å²) in [5, 5.41) is 2.58. The van der Waals surface area contributed by atoms with E-state index in [1.54, 1.807) is 6.20 Å². The Bertz CT molecular complexity index is 535. The van der Waals surface area contributed by atoms with E-state index in [9.17, 15) is 9.59 Å². The van der Waals surface area contributed by atoms with Crippen LogP contribution in [0.1, 0.15) is 16.2 Å². The third kappa shape index (κ3) is 3.18. The van der Waals surface area contributed by atoms with Crippen LogP contribution in [0.25, 0.3) is 0 Å². The molecule has 0 bridgehead atoms. The maximum Gasteiger partial charge on any atom is 0.328 e. The molecule has 8 nitrogen and oxygen atoms in total. The summed E-state index contributed by atoms with van der Waals surface area (Å²) in [5.74, 6) is -0.949. The molecule has 2 heterocycles. The van der Waals surface area contributed by atoms with Gasteiger partial charge in [-0.15, -0.1) is 0 Å². The summed E-state index contributed by atoms with van der Waals surface area (Å²) in [6, 6.07) is -0.791. The highest BCUT2D eigenvalue weighted by atomic mass is 16.5. The molecule has 19 heavy (non-hydrogen) atoms. The Labute approximate surface area is 108 Å². The highest BCUT2D eigenvalue weighted by Crippen LogP contribution is 2.02. The number of hydrogen-bond donors (Lipinski definition) is 3. The predicted octanol–water partition coefficient (Wildman–Crippen LogP) is -0.353. The summed E-state index contributed by atoms with van der Waals surface area (Å²) < 4.78 is 4.67. The van der Waals surface area contributed by atoms with Crippen LogP contribution in [0.3, 0.4) is 0 Å². The van der Waals surface area contributed by atoms with E-state index in [2.05, 4.69) is 30.0 Å². The van der Waals surface area contributed by atoms with Crippen molar-refractivity contribution in [1.29, 1.82) is 0 Å². The number of amides is 1. The largest absolute Gasteiger partial charge is 0.467 e. The second-order valence-corrected chi connectivity index (χ2v) is 3.80. The zero-order chi connectivity index (χ0) is 13.7. The molecule has 8 heteroatoms. The zero-order valence-corrected chi connectivity index (χ0v) is 10.2. The number of aromatic amines is 2. The summed E-state index contributed by atoms with van der Waals surface area (Å²) in [5.41, 5.74) is 0.999. The van der Waals surface area contributed by atoms with E-state index >= 15 is 0 Å². The molecule has 0 spiro atoms. The van der Waals surface area contributed by atoms with Gasteiger partial charge in [0.1, 0.15) is 11.7 Å². The monoisotopic (exact) mass is 263 g/mol. The number of hydrogen-bond acceptors (Lipinski definition) is 5. The van der Waals surface area contributed by atoms with E-state index in [1.165, 1.54) is 26.0 Å². The molecule has 1 atom stereocenters. The topological polar surface area (TPSA) is 113 Å². The molecule has 0 saturated heterocycles. The standard InChI is InChI=1S/C11H13N5O3/c1-19-11(18)8(2-7-3-12-5-14-7)16-10(17)9-4-13-6-15-9/h3-6,8H,2H2,1H3,(H,12,14)(H,13,15)(H,16,17)/t8-/m0/s1. The number of nitrogens with zero attached hydrogens (tertiary/aromatic N) is 2. The molecule has 3 N–H and O–H groups in total. The fraction of sp³-hybridized carbons (Fsp3) is 0.273. The van der Waals surface area contributed by atoms with E-state index in [1.807, 2.05) is 0 Å². The summed E-state index contributed by atoms with van der Waals surface area (Å²) in [6.07, 6.45) is 6.11. The van der Waals surface area contributed by atoms with E-state index in [0.29, 0.717) is 0 Å². The lowest BCUT2D eigenvalue weighted by molar-refractivity contribution is -0.142. The van der Waals surface area contributed by atoms with E-state index < -0.39 is 17.9 Å². The summed E-state index contributed by atoms with van der Waals surface area (Å²) in [6.45, 7) is 0. The van der Waals surface area contributed by atoms with Crippen molar-refractivity contribution in [3.63, 3.8) is 0 Å². The SMILES string of the molecule is COC(=O)[C@H](Cc1cnc[nH]1)NC(=O)c1cnc[nH]1. The summed E-state index contributed by atoms with van der Waals surface area (Å²) in [7, 11) is 1.27. The summed E-state index contributed by atoms with van der Waals surface area (Å²) >= 11 is 0. The maximum atomic E-state index is 11.8. The van der Waals surface area contributed by atoms with Crippen molar-refractivity contribution in [1.82, 2.24) is 25.3 Å². The van der Waals surface area contributed by atoms with Gasteiger partial charge in [0.05, 0.1) is 26.0 Å². The maximum absolute atomic E-state index is 11.8. The smallest absolute Gasteiger partial charge is 0.328 e. The Kier molecular flexibility index (Phi) is 3.91. The molecular formula is C11H13N5O3. The van der Waals surface area contributed by atoms with E-state index in [-0.39, 0.29) is 12.1 Å². The normalized spacial score (nSPS) is 11.8. The number of esters is 1. The minimum Gasteiger partial charge on any atom is -0.467 e. The second kappa shape index (κ2) is 5.80. The van der Waals surface area contributed by atoms with Crippen LogP contribution in [-0.2, 0) is 16.0 Å². The minimum absolute atomic E-state index is 0.270. The molecule has 0 aliphatic rings. The van der Waals surface area contributed by atoms with Gasteiger partial charge in [-0.05, 0) is 0 Å². The molecule has 0 unspecified atom stereocenters. The number of H-pyrrole nitrogens is 2. The molecule has 0 saturated carbocycles. The number of aromatic nitrogens is 4. The second-order valence-electron chi connectivity index (χ2n) is 3.80.